The summed E-state index contributed by atoms with van der Waals surface area (Å²) < 4.78 is 46.7. The summed E-state index contributed by atoms with van der Waals surface area (Å²) in [7, 11) is 2.77. The summed E-state index contributed by atoms with van der Waals surface area (Å²) in [5.74, 6) is -0.810. The quantitative estimate of drug-likeness (QED) is 0.411. The second kappa shape index (κ2) is 8.20. The van der Waals surface area contributed by atoms with Crippen molar-refractivity contribution in [1.29, 1.82) is 0 Å². The third-order valence-corrected chi connectivity index (χ3v) is 5.83. The number of hydrogen-bond acceptors (Lipinski definition) is 5. The van der Waals surface area contributed by atoms with Crippen molar-refractivity contribution in [1.82, 2.24) is 9.55 Å². The molecule has 1 aliphatic rings. The Kier molecular flexibility index (Phi) is 5.20. The molecule has 0 amide bonds. The monoisotopic (exact) mass is 450 g/mol. The van der Waals surface area contributed by atoms with Gasteiger partial charge in [-0.05, 0) is 42.0 Å². The average molecular weight is 450 g/mol. The third-order valence-electron chi connectivity index (χ3n) is 5.83. The summed E-state index contributed by atoms with van der Waals surface area (Å²) in [5.41, 5.74) is 2.97. The Morgan fingerprint density at radius 1 is 1.18 bits per heavy atom. The Hall–Kier alpha value is -3.94. The van der Waals surface area contributed by atoms with Gasteiger partial charge in [-0.3, -0.25) is 0 Å². The van der Waals surface area contributed by atoms with E-state index in [9.17, 15) is 13.6 Å². The lowest BCUT2D eigenvalue weighted by Gasteiger charge is -2.12. The molecule has 6 nitrogen and oxygen atoms in total. The second-order valence-electron chi connectivity index (χ2n) is 7.64. The summed E-state index contributed by atoms with van der Waals surface area (Å²) in [6.07, 6.45) is 2.31. The summed E-state index contributed by atoms with van der Waals surface area (Å²) in [6, 6.07) is 10.6. The van der Waals surface area contributed by atoms with Gasteiger partial charge in [-0.2, -0.15) is 0 Å². The van der Waals surface area contributed by atoms with E-state index in [-0.39, 0.29) is 17.8 Å². The molecule has 8 heteroatoms. The van der Waals surface area contributed by atoms with Crippen molar-refractivity contribution in [3.63, 3.8) is 0 Å². The predicted molar refractivity (Wildman–Crippen MR) is 118 cm³/mol. The van der Waals surface area contributed by atoms with Crippen LogP contribution in [-0.4, -0.2) is 36.3 Å². The van der Waals surface area contributed by atoms with E-state index >= 15 is 0 Å². The van der Waals surface area contributed by atoms with Crippen LogP contribution in [0.3, 0.4) is 0 Å². The number of nitrogens with zero attached hydrogens (tertiary/aromatic N) is 2. The molecule has 0 N–H and O–H groups in total. The summed E-state index contributed by atoms with van der Waals surface area (Å²) >= 11 is 0. The van der Waals surface area contributed by atoms with E-state index in [2.05, 4.69) is 4.98 Å². The second-order valence-corrected chi connectivity index (χ2v) is 7.64. The number of ether oxygens (including phenoxy) is 3. The molecule has 0 aliphatic carbocycles. The maximum Gasteiger partial charge on any atom is 0.355 e. The smallest absolute Gasteiger partial charge is 0.355 e. The lowest BCUT2D eigenvalue weighted by Crippen LogP contribution is -2.13. The lowest BCUT2D eigenvalue weighted by atomic mass is 10.00. The van der Waals surface area contributed by atoms with Crippen LogP contribution in [0, 0.1) is 11.6 Å². The van der Waals surface area contributed by atoms with Crippen molar-refractivity contribution in [2.45, 2.75) is 13.0 Å². The maximum atomic E-state index is 14.6. The maximum absolute atomic E-state index is 14.6. The fourth-order valence-electron chi connectivity index (χ4n) is 4.39. The van der Waals surface area contributed by atoms with E-state index in [1.807, 2.05) is 12.1 Å². The zero-order valence-corrected chi connectivity index (χ0v) is 18.0. The predicted octanol–water partition coefficient (Wildman–Crippen LogP) is 4.76. The molecule has 0 unspecified atom stereocenters. The minimum absolute atomic E-state index is 0.0914. The van der Waals surface area contributed by atoms with Gasteiger partial charge in [0.2, 0.25) is 5.88 Å². The number of halogens is 2. The highest BCUT2D eigenvalue weighted by Crippen LogP contribution is 2.46. The first kappa shape index (κ1) is 20.9. The van der Waals surface area contributed by atoms with Gasteiger partial charge in [-0.25, -0.2) is 18.6 Å². The first-order valence-electron chi connectivity index (χ1n) is 10.4. The van der Waals surface area contributed by atoms with Gasteiger partial charge in [0, 0.05) is 29.3 Å². The average Bonchev–Trinajstić information content (AvgIpc) is 3.43. The minimum atomic E-state index is -0.629. The van der Waals surface area contributed by atoms with Gasteiger partial charge in [-0.1, -0.05) is 6.07 Å². The highest BCUT2D eigenvalue weighted by Gasteiger charge is 2.31. The molecule has 0 saturated carbocycles. The Balaban J connectivity index is 1.89. The van der Waals surface area contributed by atoms with Gasteiger partial charge in [0.15, 0.2) is 0 Å². The van der Waals surface area contributed by atoms with Crippen LogP contribution in [0.5, 0.6) is 11.6 Å². The number of carbonyl (C=O) groups is 1. The number of aromatic nitrogens is 2. The molecule has 4 aromatic rings. The van der Waals surface area contributed by atoms with Gasteiger partial charge < -0.3 is 18.8 Å². The first-order chi connectivity index (χ1) is 16.0. The molecule has 0 fully saturated rings. The molecule has 1 aliphatic heterocycles. The number of carbonyl (C=O) groups excluding carboxylic acids is 1. The van der Waals surface area contributed by atoms with Crippen molar-refractivity contribution in [2.24, 2.45) is 0 Å². The fourth-order valence-corrected chi connectivity index (χ4v) is 4.39. The largest absolute Gasteiger partial charge is 0.492 e. The topological polar surface area (TPSA) is 62.6 Å². The van der Waals surface area contributed by atoms with Crippen LogP contribution in [0.15, 0.2) is 48.7 Å². The van der Waals surface area contributed by atoms with E-state index in [1.54, 1.807) is 22.9 Å². The first-order valence-corrected chi connectivity index (χ1v) is 10.4. The van der Waals surface area contributed by atoms with E-state index in [1.165, 1.54) is 14.2 Å². The summed E-state index contributed by atoms with van der Waals surface area (Å²) in [4.78, 5) is 17.4. The Bertz CT molecular complexity index is 1400. The molecule has 0 saturated heterocycles. The lowest BCUT2D eigenvalue weighted by molar-refractivity contribution is 0.0590. The number of hydrogen-bond donors (Lipinski definition) is 0. The number of benzene rings is 2. The highest BCUT2D eigenvalue weighted by molar-refractivity contribution is 6.12. The minimum Gasteiger partial charge on any atom is -0.492 e. The number of methoxy groups -OCH3 is 2. The van der Waals surface area contributed by atoms with Crippen LogP contribution in [0.1, 0.15) is 21.6 Å². The molecule has 168 valence electrons. The summed E-state index contributed by atoms with van der Waals surface area (Å²) in [5, 5.41) is 0.675. The molecular formula is C25H20F2N2O4. The van der Waals surface area contributed by atoms with Crippen molar-refractivity contribution in [3.8, 4) is 22.8 Å². The Morgan fingerprint density at radius 3 is 2.82 bits per heavy atom. The molecule has 5 rings (SSSR count). The molecule has 0 spiro atoms. The van der Waals surface area contributed by atoms with Crippen molar-refractivity contribution in [3.05, 3.63) is 77.1 Å². The highest BCUT2D eigenvalue weighted by atomic mass is 19.1. The number of pyridine rings is 1. The van der Waals surface area contributed by atoms with Crippen LogP contribution in [0.25, 0.3) is 22.0 Å². The van der Waals surface area contributed by atoms with Gasteiger partial charge >= 0.3 is 5.97 Å². The number of esters is 1. The Labute approximate surface area is 188 Å². The van der Waals surface area contributed by atoms with Crippen molar-refractivity contribution in [2.75, 3.05) is 20.8 Å². The number of rotatable bonds is 5. The van der Waals surface area contributed by atoms with E-state index in [0.29, 0.717) is 40.3 Å². The zero-order chi connectivity index (χ0) is 23.1. The van der Waals surface area contributed by atoms with E-state index in [4.69, 9.17) is 14.2 Å². The molecule has 3 heterocycles. The van der Waals surface area contributed by atoms with E-state index in [0.717, 1.165) is 30.2 Å². The molecule has 33 heavy (non-hydrogen) atoms. The van der Waals surface area contributed by atoms with Gasteiger partial charge in [-0.15, -0.1) is 0 Å². The van der Waals surface area contributed by atoms with Crippen LogP contribution in [0.4, 0.5) is 8.78 Å². The molecule has 0 atom stereocenters. The Morgan fingerprint density at radius 2 is 2.03 bits per heavy atom. The van der Waals surface area contributed by atoms with Gasteiger partial charge in [0.05, 0.1) is 38.3 Å². The van der Waals surface area contributed by atoms with Gasteiger partial charge in [0.1, 0.15) is 23.1 Å². The zero-order valence-electron chi connectivity index (χ0n) is 18.0. The van der Waals surface area contributed by atoms with Crippen LogP contribution in [-0.2, 0) is 17.7 Å². The molecular weight excluding hydrogens is 430 g/mol. The van der Waals surface area contributed by atoms with Gasteiger partial charge in [0.25, 0.3) is 0 Å². The van der Waals surface area contributed by atoms with E-state index < -0.39 is 17.6 Å². The summed E-state index contributed by atoms with van der Waals surface area (Å²) in [6.45, 7) is 0.418. The molecule has 0 radical (unpaired) electrons. The van der Waals surface area contributed by atoms with Crippen LogP contribution >= 0.6 is 0 Å². The normalized spacial score (nSPS) is 12.5. The molecule has 0 bridgehead atoms. The molecule has 2 aromatic heterocycles. The van der Waals surface area contributed by atoms with Crippen LogP contribution in [0.2, 0.25) is 0 Å². The fraction of sp³-hybridized carbons (Fsp3) is 0.200. The SMILES string of the molecule is COC(=O)c1c(-c2cccnc2OC)c2c3c(ccc2n1Cc1cc(F)ccc1F)CCO3. The number of fused-ring (bicyclic) bond motifs is 3. The third kappa shape index (κ3) is 3.38. The van der Waals surface area contributed by atoms with Crippen molar-refractivity contribution < 1.29 is 27.8 Å². The van der Waals surface area contributed by atoms with Crippen molar-refractivity contribution >= 4 is 16.9 Å². The standard InChI is InChI=1S/C25H20F2N2O4/c1-31-24-17(4-3-10-28-24)20-21-19(8-5-14-9-11-33-23(14)21)29(22(20)25(30)32-2)13-15-12-16(26)6-7-18(15)27/h3-8,10,12H,9,11,13H2,1-2H3. The molecule has 2 aromatic carbocycles. The van der Waals surface area contributed by atoms with Crippen LogP contribution < -0.4 is 9.47 Å².